The third-order valence-electron chi connectivity index (χ3n) is 1.83. The van der Waals surface area contributed by atoms with Crippen LogP contribution in [0.2, 0.25) is 0 Å². The Kier molecular flexibility index (Phi) is 1.38. The lowest BCUT2D eigenvalue weighted by Crippen LogP contribution is -2.09. The average molecular weight is 151 g/mol. The number of carbonyl (C=O) groups excluding carboxylic acids is 1. The molecule has 0 aliphatic carbocycles. The van der Waals surface area contributed by atoms with E-state index in [1.807, 2.05) is 0 Å². The summed E-state index contributed by atoms with van der Waals surface area (Å²) >= 11 is 0. The molecule has 4 nitrogen and oxygen atoms in total. The van der Waals surface area contributed by atoms with Crippen molar-refractivity contribution in [2.45, 2.75) is 19.3 Å². The second-order valence-electron chi connectivity index (χ2n) is 2.67. The molecular formula is C7H9N3O. The van der Waals surface area contributed by atoms with E-state index in [9.17, 15) is 4.79 Å². The maximum absolute atomic E-state index is 11.0. The molecule has 0 unspecified atom stereocenters. The van der Waals surface area contributed by atoms with E-state index >= 15 is 0 Å². The first-order valence-electron chi connectivity index (χ1n) is 3.68. The molecular weight excluding hydrogens is 142 g/mol. The number of anilines is 1. The highest BCUT2D eigenvalue weighted by Gasteiger charge is 2.13. The number of nitrogens with one attached hydrogen (secondary N) is 2. The van der Waals surface area contributed by atoms with Crippen LogP contribution in [0, 0.1) is 0 Å². The Labute approximate surface area is 64.0 Å². The van der Waals surface area contributed by atoms with Crippen molar-refractivity contribution in [2.75, 3.05) is 5.32 Å². The van der Waals surface area contributed by atoms with Gasteiger partial charge >= 0.3 is 0 Å². The molecule has 1 aromatic rings. The second kappa shape index (κ2) is 2.38. The van der Waals surface area contributed by atoms with E-state index in [-0.39, 0.29) is 5.91 Å². The summed E-state index contributed by atoms with van der Waals surface area (Å²) in [6, 6.07) is 0. The van der Waals surface area contributed by atoms with Crippen LogP contribution >= 0.6 is 0 Å². The number of H-pyrrole nitrogens is 1. The lowest BCUT2D eigenvalue weighted by molar-refractivity contribution is -0.116. The first-order chi connectivity index (χ1) is 5.36. The van der Waals surface area contributed by atoms with E-state index in [1.165, 1.54) is 0 Å². The van der Waals surface area contributed by atoms with Gasteiger partial charge in [0, 0.05) is 12.0 Å². The largest absolute Gasteiger partial charge is 0.311 e. The van der Waals surface area contributed by atoms with Gasteiger partial charge in [0.1, 0.15) is 5.82 Å². The van der Waals surface area contributed by atoms with Gasteiger partial charge in [0.25, 0.3) is 0 Å². The van der Waals surface area contributed by atoms with Crippen molar-refractivity contribution < 1.29 is 4.79 Å². The molecule has 0 atom stereocenters. The Morgan fingerprint density at radius 2 is 2.36 bits per heavy atom. The smallest absolute Gasteiger partial charge is 0.225 e. The van der Waals surface area contributed by atoms with Crippen molar-refractivity contribution in [1.82, 2.24) is 10.2 Å². The molecule has 2 N–H and O–H groups in total. The molecule has 0 aromatic carbocycles. The van der Waals surface area contributed by atoms with Crippen LogP contribution in [-0.4, -0.2) is 16.1 Å². The molecule has 1 amide bonds. The normalized spacial score (nSPS) is 16.9. The average Bonchev–Trinajstić information content (AvgIpc) is 2.31. The highest BCUT2D eigenvalue weighted by atomic mass is 16.1. The standard InChI is InChI=1S/C7H9N3O/c11-6-3-1-2-5-4-8-10-7(5)9-6/h4H,1-3H2,(H2,8,9,10,11). The highest BCUT2D eigenvalue weighted by molar-refractivity contribution is 5.91. The molecule has 1 aliphatic rings. The van der Waals surface area contributed by atoms with E-state index in [4.69, 9.17) is 0 Å². The third-order valence-corrected chi connectivity index (χ3v) is 1.83. The van der Waals surface area contributed by atoms with Crippen LogP contribution in [0.15, 0.2) is 6.20 Å². The Bertz CT molecular complexity index is 279. The first kappa shape index (κ1) is 6.39. The maximum atomic E-state index is 11.0. The van der Waals surface area contributed by atoms with Crippen LogP contribution in [0.25, 0.3) is 0 Å². The summed E-state index contributed by atoms with van der Waals surface area (Å²) in [4.78, 5) is 11.0. The number of aromatic nitrogens is 2. The fourth-order valence-electron chi connectivity index (χ4n) is 1.25. The van der Waals surface area contributed by atoms with E-state index in [0.717, 1.165) is 24.2 Å². The van der Waals surface area contributed by atoms with Crippen molar-refractivity contribution in [3.8, 4) is 0 Å². The maximum Gasteiger partial charge on any atom is 0.225 e. The fourth-order valence-corrected chi connectivity index (χ4v) is 1.25. The van der Waals surface area contributed by atoms with Gasteiger partial charge in [-0.25, -0.2) is 0 Å². The minimum Gasteiger partial charge on any atom is -0.311 e. The molecule has 2 heterocycles. The Balaban J connectivity index is 2.32. The Morgan fingerprint density at radius 1 is 1.45 bits per heavy atom. The lowest BCUT2D eigenvalue weighted by Gasteiger charge is -1.96. The zero-order valence-corrected chi connectivity index (χ0v) is 6.05. The topological polar surface area (TPSA) is 57.8 Å². The van der Waals surface area contributed by atoms with Gasteiger partial charge in [0.15, 0.2) is 0 Å². The van der Waals surface area contributed by atoms with Gasteiger partial charge in [-0.1, -0.05) is 0 Å². The van der Waals surface area contributed by atoms with E-state index in [1.54, 1.807) is 6.20 Å². The summed E-state index contributed by atoms with van der Waals surface area (Å²) in [5, 5.41) is 9.33. The van der Waals surface area contributed by atoms with Gasteiger partial charge in [-0.2, -0.15) is 5.10 Å². The quantitative estimate of drug-likeness (QED) is 0.573. The summed E-state index contributed by atoms with van der Waals surface area (Å²) in [7, 11) is 0. The molecule has 0 fully saturated rings. The zero-order chi connectivity index (χ0) is 7.68. The van der Waals surface area contributed by atoms with E-state index in [2.05, 4.69) is 15.5 Å². The van der Waals surface area contributed by atoms with E-state index in [0.29, 0.717) is 6.42 Å². The van der Waals surface area contributed by atoms with Gasteiger partial charge in [-0.3, -0.25) is 9.89 Å². The number of aryl methyl sites for hydroxylation is 1. The minimum atomic E-state index is 0.0769. The van der Waals surface area contributed by atoms with Gasteiger partial charge in [-0.15, -0.1) is 0 Å². The van der Waals surface area contributed by atoms with Crippen molar-refractivity contribution >= 4 is 11.7 Å². The van der Waals surface area contributed by atoms with Crippen LogP contribution in [-0.2, 0) is 11.2 Å². The molecule has 1 aliphatic heterocycles. The Hall–Kier alpha value is -1.32. The van der Waals surface area contributed by atoms with Crippen molar-refractivity contribution in [1.29, 1.82) is 0 Å². The van der Waals surface area contributed by atoms with Crippen molar-refractivity contribution in [3.63, 3.8) is 0 Å². The highest BCUT2D eigenvalue weighted by Crippen LogP contribution is 2.17. The number of amides is 1. The third kappa shape index (κ3) is 1.11. The summed E-state index contributed by atoms with van der Waals surface area (Å²) < 4.78 is 0. The number of rotatable bonds is 0. The predicted octanol–water partition coefficient (Wildman–Crippen LogP) is 0.684. The molecule has 58 valence electrons. The van der Waals surface area contributed by atoms with Crippen LogP contribution in [0.3, 0.4) is 0 Å². The fraction of sp³-hybridized carbons (Fsp3) is 0.429. The first-order valence-corrected chi connectivity index (χ1v) is 3.68. The number of nitrogens with zero attached hydrogens (tertiary/aromatic N) is 1. The number of carbonyl (C=O) groups is 1. The number of hydrogen-bond acceptors (Lipinski definition) is 2. The summed E-state index contributed by atoms with van der Waals surface area (Å²) in [5.74, 6) is 0.848. The van der Waals surface area contributed by atoms with Crippen LogP contribution < -0.4 is 5.32 Å². The molecule has 0 spiro atoms. The predicted molar refractivity (Wildman–Crippen MR) is 40.2 cm³/mol. The monoisotopic (exact) mass is 151 g/mol. The van der Waals surface area contributed by atoms with Crippen LogP contribution in [0.5, 0.6) is 0 Å². The van der Waals surface area contributed by atoms with Gasteiger partial charge in [-0.05, 0) is 12.8 Å². The summed E-state index contributed by atoms with van der Waals surface area (Å²) in [5.41, 5.74) is 1.11. The summed E-state index contributed by atoms with van der Waals surface area (Å²) in [6.45, 7) is 0. The van der Waals surface area contributed by atoms with Crippen molar-refractivity contribution in [2.24, 2.45) is 0 Å². The number of hydrogen-bond donors (Lipinski definition) is 2. The van der Waals surface area contributed by atoms with E-state index < -0.39 is 0 Å². The lowest BCUT2D eigenvalue weighted by atomic mass is 10.2. The molecule has 4 heteroatoms. The molecule has 0 saturated carbocycles. The van der Waals surface area contributed by atoms with Gasteiger partial charge < -0.3 is 5.32 Å². The molecule has 2 rings (SSSR count). The van der Waals surface area contributed by atoms with Crippen LogP contribution in [0.1, 0.15) is 18.4 Å². The van der Waals surface area contributed by atoms with Crippen LogP contribution in [0.4, 0.5) is 5.82 Å². The molecule has 1 aromatic heterocycles. The minimum absolute atomic E-state index is 0.0769. The second-order valence-corrected chi connectivity index (χ2v) is 2.67. The van der Waals surface area contributed by atoms with Gasteiger partial charge in [0.05, 0.1) is 6.20 Å². The number of aromatic amines is 1. The Morgan fingerprint density at radius 3 is 3.27 bits per heavy atom. The number of fused-ring (bicyclic) bond motifs is 1. The molecule has 11 heavy (non-hydrogen) atoms. The summed E-state index contributed by atoms with van der Waals surface area (Å²) in [6.07, 6.45) is 4.23. The van der Waals surface area contributed by atoms with Gasteiger partial charge in [0.2, 0.25) is 5.91 Å². The molecule has 0 radical (unpaired) electrons. The molecule has 0 bridgehead atoms. The van der Waals surface area contributed by atoms with Crippen molar-refractivity contribution in [3.05, 3.63) is 11.8 Å². The molecule has 0 saturated heterocycles. The SMILES string of the molecule is O=C1CCCc2cn[nH]c2N1. The zero-order valence-electron chi connectivity index (χ0n) is 6.05.